The summed E-state index contributed by atoms with van der Waals surface area (Å²) in [4.78, 5) is 43.3. The van der Waals surface area contributed by atoms with Crippen molar-refractivity contribution in [2.75, 3.05) is 28.4 Å². The lowest BCUT2D eigenvalue weighted by molar-refractivity contribution is -0.136. The summed E-state index contributed by atoms with van der Waals surface area (Å²) in [5.41, 5.74) is 2.08. The van der Waals surface area contributed by atoms with Gasteiger partial charge < -0.3 is 18.9 Å². The van der Waals surface area contributed by atoms with Gasteiger partial charge in [-0.25, -0.2) is 14.6 Å². The van der Waals surface area contributed by atoms with Crippen LogP contribution < -0.4 is 24.4 Å². The molecule has 0 radical (unpaired) electrons. The Kier molecular flexibility index (Phi) is 7.07. The average Bonchev–Trinajstić information content (AvgIpc) is 3.20. The van der Waals surface area contributed by atoms with E-state index in [4.69, 9.17) is 18.9 Å². The van der Waals surface area contributed by atoms with Crippen molar-refractivity contribution in [1.82, 2.24) is 4.57 Å². The van der Waals surface area contributed by atoms with Gasteiger partial charge in [-0.3, -0.25) is 9.36 Å². The number of fused-ring (bicyclic) bond motifs is 1. The number of aromatic nitrogens is 1. The van der Waals surface area contributed by atoms with Crippen LogP contribution in [0, 0.1) is 0 Å². The first-order valence-electron chi connectivity index (χ1n) is 10.8. The van der Waals surface area contributed by atoms with Crippen LogP contribution >= 0.6 is 11.3 Å². The smallest absolute Gasteiger partial charge is 0.338 e. The topological polar surface area (TPSA) is 105 Å². The summed E-state index contributed by atoms with van der Waals surface area (Å²) in [5, 5.41) is 0. The number of benzene rings is 2. The highest BCUT2D eigenvalue weighted by atomic mass is 32.1. The van der Waals surface area contributed by atoms with Gasteiger partial charge >= 0.3 is 11.9 Å². The Bertz CT molecular complexity index is 1550. The van der Waals surface area contributed by atoms with E-state index in [9.17, 15) is 14.4 Å². The maximum Gasteiger partial charge on any atom is 0.338 e. The van der Waals surface area contributed by atoms with Crippen LogP contribution in [-0.2, 0) is 14.3 Å². The van der Waals surface area contributed by atoms with Crippen LogP contribution in [0.5, 0.6) is 11.5 Å². The van der Waals surface area contributed by atoms with Gasteiger partial charge in [-0.15, -0.1) is 0 Å². The quantitative estimate of drug-likeness (QED) is 0.470. The van der Waals surface area contributed by atoms with E-state index in [1.54, 1.807) is 56.5 Å². The number of carbonyl (C=O) groups excluding carboxylic acids is 2. The van der Waals surface area contributed by atoms with E-state index < -0.39 is 18.0 Å². The molecule has 1 aliphatic rings. The maximum atomic E-state index is 13.6. The highest BCUT2D eigenvalue weighted by Crippen LogP contribution is 2.31. The predicted octanol–water partition coefficient (Wildman–Crippen LogP) is 2.21. The van der Waals surface area contributed by atoms with Gasteiger partial charge in [-0.05, 0) is 48.4 Å². The summed E-state index contributed by atoms with van der Waals surface area (Å²) in [6, 6.07) is 11.1. The first kappa shape index (κ1) is 24.9. The molecule has 2 heterocycles. The third-order valence-electron chi connectivity index (χ3n) is 5.78. The lowest BCUT2D eigenvalue weighted by atomic mass is 9.95. The third kappa shape index (κ3) is 4.42. The fourth-order valence-corrected chi connectivity index (χ4v) is 5.07. The number of hydrogen-bond acceptors (Lipinski definition) is 9. The molecule has 1 unspecified atom stereocenters. The third-order valence-corrected chi connectivity index (χ3v) is 6.76. The zero-order valence-electron chi connectivity index (χ0n) is 20.4. The molecule has 3 aromatic rings. The Morgan fingerprint density at radius 2 is 1.61 bits per heavy atom. The minimum atomic E-state index is -0.784. The van der Waals surface area contributed by atoms with Gasteiger partial charge in [-0.1, -0.05) is 29.5 Å². The molecule has 0 fully saturated rings. The van der Waals surface area contributed by atoms with Crippen LogP contribution in [-0.4, -0.2) is 44.9 Å². The van der Waals surface area contributed by atoms with Crippen molar-refractivity contribution < 1.29 is 28.5 Å². The SMILES string of the molecule is COC(=O)C1=C(C)N=c2sc(=Cc3ccc(OC)c(OC)c3)c(=O)n2C1c1ccc(C(=O)OC)cc1. The molecule has 36 heavy (non-hydrogen) atoms. The van der Waals surface area contributed by atoms with Crippen LogP contribution in [0.15, 0.2) is 63.5 Å². The molecule has 1 aliphatic heterocycles. The molecule has 10 heteroatoms. The van der Waals surface area contributed by atoms with E-state index in [1.165, 1.54) is 37.2 Å². The number of rotatable bonds is 6. The molecule has 0 bridgehead atoms. The van der Waals surface area contributed by atoms with Crippen LogP contribution in [0.1, 0.15) is 34.5 Å². The number of allylic oxidation sites excluding steroid dienone is 1. The number of esters is 2. The van der Waals surface area contributed by atoms with E-state index in [0.717, 1.165) is 5.56 Å². The van der Waals surface area contributed by atoms with Crippen molar-refractivity contribution in [3.8, 4) is 11.5 Å². The van der Waals surface area contributed by atoms with Crippen LogP contribution in [0.3, 0.4) is 0 Å². The van der Waals surface area contributed by atoms with Crippen molar-refractivity contribution in [3.63, 3.8) is 0 Å². The first-order valence-corrected chi connectivity index (χ1v) is 11.7. The highest BCUT2D eigenvalue weighted by molar-refractivity contribution is 7.07. The fraction of sp³-hybridized carbons (Fsp3) is 0.231. The molecule has 1 aromatic heterocycles. The monoisotopic (exact) mass is 508 g/mol. The van der Waals surface area contributed by atoms with E-state index in [-0.39, 0.29) is 11.1 Å². The molecule has 186 valence electrons. The molecule has 0 amide bonds. The van der Waals surface area contributed by atoms with Gasteiger partial charge in [0.05, 0.1) is 55.8 Å². The molecule has 0 aliphatic carbocycles. The maximum absolute atomic E-state index is 13.6. The number of nitrogens with zero attached hydrogens (tertiary/aromatic N) is 2. The Labute approximate surface area is 210 Å². The summed E-state index contributed by atoms with van der Waals surface area (Å²) in [6.07, 6.45) is 1.74. The van der Waals surface area contributed by atoms with Crippen molar-refractivity contribution in [2.24, 2.45) is 4.99 Å². The van der Waals surface area contributed by atoms with Crippen molar-refractivity contribution >= 4 is 29.4 Å². The van der Waals surface area contributed by atoms with Gasteiger partial charge in [0.25, 0.3) is 5.56 Å². The van der Waals surface area contributed by atoms with Crippen LogP contribution in [0.25, 0.3) is 6.08 Å². The number of methoxy groups -OCH3 is 4. The lowest BCUT2D eigenvalue weighted by Gasteiger charge is -2.24. The molecule has 9 nitrogen and oxygen atoms in total. The minimum Gasteiger partial charge on any atom is -0.493 e. The molecule has 1 atom stereocenters. The minimum absolute atomic E-state index is 0.244. The molecular weight excluding hydrogens is 484 g/mol. The largest absolute Gasteiger partial charge is 0.493 e. The molecular formula is C26H24N2O7S. The second kappa shape index (κ2) is 10.2. The van der Waals surface area contributed by atoms with Gasteiger partial charge in [-0.2, -0.15) is 0 Å². The summed E-state index contributed by atoms with van der Waals surface area (Å²) in [6.45, 7) is 1.70. The molecule has 0 saturated heterocycles. The van der Waals surface area contributed by atoms with Gasteiger partial charge in [0.2, 0.25) is 0 Å². The Balaban J connectivity index is 1.91. The zero-order chi connectivity index (χ0) is 26.0. The molecule has 0 N–H and O–H groups in total. The number of carbonyl (C=O) groups is 2. The van der Waals surface area contributed by atoms with E-state index in [0.29, 0.717) is 37.7 Å². The number of ether oxygens (including phenoxy) is 4. The number of thiazole rings is 1. The summed E-state index contributed by atoms with van der Waals surface area (Å²) in [5.74, 6) is 0.0315. The van der Waals surface area contributed by atoms with E-state index in [1.807, 2.05) is 6.07 Å². The molecule has 0 saturated carbocycles. The van der Waals surface area contributed by atoms with E-state index in [2.05, 4.69) is 4.99 Å². The Morgan fingerprint density at radius 1 is 0.944 bits per heavy atom. The van der Waals surface area contributed by atoms with Gasteiger partial charge in [0.1, 0.15) is 0 Å². The summed E-state index contributed by atoms with van der Waals surface area (Å²) in [7, 11) is 5.67. The Hall–Kier alpha value is -4.18. The standard InChI is InChI=1S/C26H24N2O7S/c1-14-21(25(31)35-5)22(16-7-9-17(10-8-16)24(30)34-4)28-23(29)20(36-26(28)27-14)13-15-6-11-18(32-2)19(12-15)33-3/h6-13,22H,1-5H3. The highest BCUT2D eigenvalue weighted by Gasteiger charge is 2.33. The van der Waals surface area contributed by atoms with Crippen LogP contribution in [0.4, 0.5) is 0 Å². The zero-order valence-corrected chi connectivity index (χ0v) is 21.2. The molecule has 4 rings (SSSR count). The van der Waals surface area contributed by atoms with Crippen molar-refractivity contribution in [2.45, 2.75) is 13.0 Å². The fourth-order valence-electron chi connectivity index (χ4n) is 4.02. The molecule has 0 spiro atoms. The Morgan fingerprint density at radius 3 is 2.22 bits per heavy atom. The predicted molar refractivity (Wildman–Crippen MR) is 133 cm³/mol. The van der Waals surface area contributed by atoms with Gasteiger partial charge in [0.15, 0.2) is 16.3 Å². The van der Waals surface area contributed by atoms with Crippen LogP contribution in [0.2, 0.25) is 0 Å². The van der Waals surface area contributed by atoms with Crippen molar-refractivity contribution in [3.05, 3.63) is 90.1 Å². The summed E-state index contributed by atoms with van der Waals surface area (Å²) < 4.78 is 22.3. The summed E-state index contributed by atoms with van der Waals surface area (Å²) >= 11 is 1.21. The second-order valence-corrected chi connectivity index (χ2v) is 8.81. The normalized spacial score (nSPS) is 15.1. The second-order valence-electron chi connectivity index (χ2n) is 7.80. The van der Waals surface area contributed by atoms with E-state index >= 15 is 0 Å². The average molecular weight is 509 g/mol. The van der Waals surface area contributed by atoms with Crippen molar-refractivity contribution in [1.29, 1.82) is 0 Å². The number of hydrogen-bond donors (Lipinski definition) is 0. The molecule has 2 aromatic carbocycles. The first-order chi connectivity index (χ1) is 17.3. The lowest BCUT2D eigenvalue weighted by Crippen LogP contribution is -2.39. The van der Waals surface area contributed by atoms with Gasteiger partial charge in [0, 0.05) is 0 Å².